The summed E-state index contributed by atoms with van der Waals surface area (Å²) in [5.74, 6) is -0.464. The number of H-pyrrole nitrogens is 1. The highest BCUT2D eigenvalue weighted by Crippen LogP contribution is 2.19. The maximum atomic E-state index is 12.7. The van der Waals surface area contributed by atoms with Crippen molar-refractivity contribution in [1.82, 2.24) is 14.5 Å². The summed E-state index contributed by atoms with van der Waals surface area (Å²) in [5, 5.41) is 9.39. The molecule has 0 unspecified atom stereocenters. The van der Waals surface area contributed by atoms with Crippen LogP contribution in [-0.2, 0) is 6.54 Å². The fourth-order valence-electron chi connectivity index (χ4n) is 3.20. The van der Waals surface area contributed by atoms with Crippen molar-refractivity contribution in [2.24, 2.45) is 0 Å². The van der Waals surface area contributed by atoms with E-state index in [1.54, 1.807) is 26.0 Å². The van der Waals surface area contributed by atoms with E-state index in [2.05, 4.69) is 9.97 Å². The van der Waals surface area contributed by atoms with Crippen LogP contribution >= 0.6 is 0 Å². The number of hydrogen-bond acceptors (Lipinski definition) is 5. The van der Waals surface area contributed by atoms with Gasteiger partial charge in [-0.25, -0.2) is 4.98 Å². The van der Waals surface area contributed by atoms with Crippen LogP contribution in [-0.4, -0.2) is 26.1 Å². The smallest absolute Gasteiger partial charge is 0.262 e. The van der Waals surface area contributed by atoms with Crippen LogP contribution in [0.2, 0.25) is 0 Å². The van der Waals surface area contributed by atoms with Crippen LogP contribution < -0.4 is 5.56 Å². The van der Waals surface area contributed by atoms with E-state index in [4.69, 9.17) is 0 Å². The minimum atomic E-state index is -0.451. The van der Waals surface area contributed by atoms with Crippen molar-refractivity contribution < 1.29 is 9.59 Å². The molecule has 0 fully saturated rings. The molecule has 3 rings (SSSR count). The van der Waals surface area contributed by atoms with Crippen molar-refractivity contribution in [1.29, 1.82) is 5.26 Å². The number of carbonyl (C=O) groups excluding carboxylic acids is 2. The molecule has 7 heteroatoms. The van der Waals surface area contributed by atoms with E-state index in [-0.39, 0.29) is 29.1 Å². The Morgan fingerprint density at radius 2 is 2.04 bits per heavy atom. The molecule has 0 saturated heterocycles. The maximum Gasteiger partial charge on any atom is 0.262 e. The number of Topliss-reactive ketones (excluding diaryl/α,β-unsaturated/α-hetero) is 2. The molecule has 2 heterocycles. The van der Waals surface area contributed by atoms with Gasteiger partial charge >= 0.3 is 0 Å². The molecule has 0 spiro atoms. The Labute approximate surface area is 148 Å². The molecule has 1 aromatic carbocycles. The van der Waals surface area contributed by atoms with Crippen LogP contribution in [0.5, 0.6) is 0 Å². The molecule has 7 nitrogen and oxygen atoms in total. The van der Waals surface area contributed by atoms with Gasteiger partial charge in [-0.2, -0.15) is 5.26 Å². The molecule has 26 heavy (non-hydrogen) atoms. The summed E-state index contributed by atoms with van der Waals surface area (Å²) in [4.78, 5) is 44.2. The lowest BCUT2D eigenvalue weighted by atomic mass is 10.1. The summed E-state index contributed by atoms with van der Waals surface area (Å²) >= 11 is 0. The summed E-state index contributed by atoms with van der Waals surface area (Å²) in [6.07, 6.45) is 1.29. The second-order valence-corrected chi connectivity index (χ2v) is 6.09. The molecule has 0 amide bonds. The third kappa shape index (κ3) is 2.71. The second-order valence-electron chi connectivity index (χ2n) is 6.09. The van der Waals surface area contributed by atoms with E-state index in [1.165, 1.54) is 23.9 Å². The number of benzene rings is 1. The van der Waals surface area contributed by atoms with Gasteiger partial charge in [-0.3, -0.25) is 19.0 Å². The number of nitrogens with zero attached hydrogens (tertiary/aromatic N) is 3. The van der Waals surface area contributed by atoms with Gasteiger partial charge in [0.05, 0.1) is 35.0 Å². The SMILES string of the molecule is CC(=O)c1c(C)[nH]c(C(=O)Cn2cnc3cccc(C#N)c3c2=O)c1C. The highest BCUT2D eigenvalue weighted by Gasteiger charge is 2.20. The average molecular weight is 348 g/mol. The van der Waals surface area contributed by atoms with E-state index in [0.29, 0.717) is 28.0 Å². The summed E-state index contributed by atoms with van der Waals surface area (Å²) in [5.41, 5.74) is 2.15. The monoisotopic (exact) mass is 348 g/mol. The molecular formula is C19H16N4O3. The Hall–Kier alpha value is -3.53. The highest BCUT2D eigenvalue weighted by atomic mass is 16.1. The van der Waals surface area contributed by atoms with Gasteiger partial charge < -0.3 is 4.98 Å². The number of aromatic amines is 1. The highest BCUT2D eigenvalue weighted by molar-refractivity contribution is 6.03. The van der Waals surface area contributed by atoms with E-state index < -0.39 is 5.56 Å². The van der Waals surface area contributed by atoms with E-state index in [0.717, 1.165) is 0 Å². The van der Waals surface area contributed by atoms with Crippen molar-refractivity contribution >= 4 is 22.5 Å². The summed E-state index contributed by atoms with van der Waals surface area (Å²) in [6, 6.07) is 6.80. The molecule has 0 aliphatic rings. The van der Waals surface area contributed by atoms with E-state index in [9.17, 15) is 19.6 Å². The molecule has 0 aliphatic carbocycles. The van der Waals surface area contributed by atoms with Gasteiger partial charge in [0.15, 0.2) is 11.6 Å². The quantitative estimate of drug-likeness (QED) is 0.728. The number of carbonyl (C=O) groups is 2. The van der Waals surface area contributed by atoms with Crippen molar-refractivity contribution in [2.45, 2.75) is 27.3 Å². The zero-order valence-electron chi connectivity index (χ0n) is 14.6. The topological polar surface area (TPSA) is 109 Å². The predicted molar refractivity (Wildman–Crippen MR) is 95.3 cm³/mol. The second kappa shape index (κ2) is 6.41. The summed E-state index contributed by atoms with van der Waals surface area (Å²) in [6.45, 7) is 4.63. The molecule has 0 atom stereocenters. The Morgan fingerprint density at radius 1 is 1.31 bits per heavy atom. The molecule has 0 aliphatic heterocycles. The van der Waals surface area contributed by atoms with Crippen LogP contribution in [0, 0.1) is 25.2 Å². The molecule has 130 valence electrons. The first kappa shape index (κ1) is 17.3. The Morgan fingerprint density at radius 3 is 2.65 bits per heavy atom. The molecule has 0 bridgehead atoms. The Balaban J connectivity index is 2.05. The first-order chi connectivity index (χ1) is 12.3. The molecular weight excluding hydrogens is 332 g/mol. The summed E-state index contributed by atoms with van der Waals surface area (Å²) < 4.78 is 1.18. The van der Waals surface area contributed by atoms with Gasteiger partial charge in [0.25, 0.3) is 5.56 Å². The molecule has 0 saturated carbocycles. The van der Waals surface area contributed by atoms with Gasteiger partial charge in [0, 0.05) is 11.3 Å². The number of fused-ring (bicyclic) bond motifs is 1. The fourth-order valence-corrected chi connectivity index (χ4v) is 3.20. The van der Waals surface area contributed by atoms with E-state index >= 15 is 0 Å². The minimum Gasteiger partial charge on any atom is -0.355 e. The largest absolute Gasteiger partial charge is 0.355 e. The van der Waals surface area contributed by atoms with E-state index in [1.807, 2.05) is 6.07 Å². The normalized spacial score (nSPS) is 10.7. The first-order valence-corrected chi connectivity index (χ1v) is 7.96. The third-order valence-electron chi connectivity index (χ3n) is 4.36. The molecule has 2 aromatic heterocycles. The predicted octanol–water partition coefficient (Wildman–Crippen LogP) is 2.30. The van der Waals surface area contributed by atoms with Crippen molar-refractivity contribution in [3.63, 3.8) is 0 Å². The van der Waals surface area contributed by atoms with Crippen LogP contribution in [0.1, 0.15) is 44.6 Å². The number of aryl methyl sites for hydroxylation is 1. The lowest BCUT2D eigenvalue weighted by Crippen LogP contribution is -2.25. The Kier molecular flexibility index (Phi) is 4.26. The van der Waals surface area contributed by atoms with Crippen LogP contribution in [0.15, 0.2) is 29.3 Å². The van der Waals surface area contributed by atoms with Gasteiger partial charge in [-0.05, 0) is 38.5 Å². The molecule has 3 aromatic rings. The van der Waals surface area contributed by atoms with Gasteiger partial charge in [-0.15, -0.1) is 0 Å². The van der Waals surface area contributed by atoms with Crippen LogP contribution in [0.4, 0.5) is 0 Å². The van der Waals surface area contributed by atoms with Gasteiger partial charge in [-0.1, -0.05) is 6.07 Å². The van der Waals surface area contributed by atoms with Crippen molar-refractivity contribution in [2.75, 3.05) is 0 Å². The van der Waals surface area contributed by atoms with Crippen molar-refractivity contribution in [3.05, 3.63) is 63.0 Å². The third-order valence-corrected chi connectivity index (χ3v) is 4.36. The number of aromatic nitrogens is 3. The summed E-state index contributed by atoms with van der Waals surface area (Å²) in [7, 11) is 0. The zero-order chi connectivity index (χ0) is 19.0. The number of hydrogen-bond donors (Lipinski definition) is 1. The van der Waals surface area contributed by atoms with Gasteiger partial charge in [0.2, 0.25) is 0 Å². The standard InChI is InChI=1S/C19H16N4O3/c1-10-16(12(3)24)11(2)22-18(10)15(25)8-23-9-21-14-6-4-5-13(7-20)17(14)19(23)26/h4-6,9,22H,8H2,1-3H3. The van der Waals surface area contributed by atoms with Crippen LogP contribution in [0.25, 0.3) is 10.9 Å². The number of ketones is 2. The Bertz CT molecular complexity index is 1160. The maximum absolute atomic E-state index is 12.7. The average Bonchev–Trinajstić information content (AvgIpc) is 2.91. The number of nitriles is 1. The molecule has 0 radical (unpaired) electrons. The van der Waals surface area contributed by atoms with Crippen molar-refractivity contribution in [3.8, 4) is 6.07 Å². The minimum absolute atomic E-state index is 0.126. The molecule has 1 N–H and O–H groups in total. The van der Waals surface area contributed by atoms with Crippen LogP contribution in [0.3, 0.4) is 0 Å². The number of nitrogens with one attached hydrogen (secondary N) is 1. The lowest BCUT2D eigenvalue weighted by Gasteiger charge is -2.07. The zero-order valence-corrected chi connectivity index (χ0v) is 14.6. The lowest BCUT2D eigenvalue weighted by molar-refractivity contribution is 0.0965. The fraction of sp³-hybridized carbons (Fsp3) is 0.211. The van der Waals surface area contributed by atoms with Gasteiger partial charge in [0.1, 0.15) is 6.07 Å². The number of rotatable bonds is 4. The first-order valence-electron chi connectivity index (χ1n) is 7.96.